The standard InChI is InChI=1S/C28H36Cl2N6O6/c1-8-21(37)32-18-12-16(26(38)42-9-2)10-11-17(18)33-27(31-4)34-25-15(3)14-36(28(39)35(25)5)24-22(29)19(40-6)13-20(41-7)23(24)30/h8,13,16-18H,1,4,9-12,14H2,2-3,5-7H3,(H,32,37)(H,33,34)/t16-,17-,18+/m1/s1. The van der Waals surface area contributed by atoms with Crippen LogP contribution < -0.4 is 25.0 Å². The zero-order valence-electron chi connectivity index (χ0n) is 24.3. The molecule has 228 valence electrons. The molecule has 1 aliphatic heterocycles. The molecule has 3 amide bonds. The quantitative estimate of drug-likeness (QED) is 0.183. The number of rotatable bonds is 9. The number of amides is 3. The van der Waals surface area contributed by atoms with E-state index >= 15 is 0 Å². The van der Waals surface area contributed by atoms with Crippen molar-refractivity contribution in [3.05, 3.63) is 40.2 Å². The number of anilines is 1. The summed E-state index contributed by atoms with van der Waals surface area (Å²) in [5.41, 5.74) is 0.949. The molecule has 2 aliphatic rings. The van der Waals surface area contributed by atoms with Gasteiger partial charge in [0.15, 0.2) is 0 Å². The Balaban J connectivity index is 1.91. The molecule has 0 unspecified atom stereocenters. The molecule has 0 saturated heterocycles. The van der Waals surface area contributed by atoms with Crippen molar-refractivity contribution < 1.29 is 28.6 Å². The molecule has 1 aromatic carbocycles. The van der Waals surface area contributed by atoms with E-state index in [1.165, 1.54) is 30.1 Å². The minimum atomic E-state index is -0.451. The fraction of sp³-hybridized carbons (Fsp3) is 0.464. The maximum Gasteiger partial charge on any atom is 0.330 e. The summed E-state index contributed by atoms with van der Waals surface area (Å²) in [6, 6.07) is 0.332. The molecule has 0 spiro atoms. The minimum Gasteiger partial charge on any atom is -0.495 e. The molecule has 0 bridgehead atoms. The number of carbonyl (C=O) groups excluding carboxylic acids is 3. The first-order valence-electron chi connectivity index (χ1n) is 13.3. The molecule has 1 fully saturated rings. The van der Waals surface area contributed by atoms with Crippen LogP contribution in [0.15, 0.2) is 40.1 Å². The summed E-state index contributed by atoms with van der Waals surface area (Å²) in [5.74, 6) is 0.0605. The van der Waals surface area contributed by atoms with Gasteiger partial charge in [0.1, 0.15) is 27.4 Å². The van der Waals surface area contributed by atoms with E-state index in [1.807, 2.05) is 6.92 Å². The average Bonchev–Trinajstić information content (AvgIpc) is 2.98. The lowest BCUT2D eigenvalue weighted by molar-refractivity contribution is -0.149. The van der Waals surface area contributed by atoms with E-state index in [2.05, 4.69) is 33.9 Å². The van der Waals surface area contributed by atoms with Crippen LogP contribution in [-0.4, -0.2) is 82.0 Å². The van der Waals surface area contributed by atoms with Gasteiger partial charge in [0.05, 0.1) is 45.0 Å². The number of urea groups is 1. The number of nitrogens with zero attached hydrogens (tertiary/aromatic N) is 4. The first-order valence-corrected chi connectivity index (χ1v) is 14.0. The Kier molecular flexibility index (Phi) is 11.2. The van der Waals surface area contributed by atoms with Gasteiger partial charge in [-0.2, -0.15) is 4.99 Å². The SMILES string of the molecule is C=CC(=O)N[C@H]1C[C@H](C(=O)OCC)CC[C@H]1N/C(N=C)=N/C1=C(C)CN(c2c(Cl)c(OC)cc(OC)c2Cl)C(=O)N1C. The van der Waals surface area contributed by atoms with Crippen LogP contribution in [0.3, 0.4) is 0 Å². The van der Waals surface area contributed by atoms with Crippen molar-refractivity contribution in [2.24, 2.45) is 15.9 Å². The zero-order chi connectivity index (χ0) is 31.1. The number of benzene rings is 1. The van der Waals surface area contributed by atoms with Crippen LogP contribution in [0, 0.1) is 5.92 Å². The molecule has 2 N–H and O–H groups in total. The summed E-state index contributed by atoms with van der Waals surface area (Å²) < 4.78 is 15.9. The van der Waals surface area contributed by atoms with E-state index in [9.17, 15) is 14.4 Å². The summed E-state index contributed by atoms with van der Waals surface area (Å²) in [4.78, 5) is 49.6. The Hall–Kier alpha value is -3.77. The van der Waals surface area contributed by atoms with Gasteiger partial charge in [-0.15, -0.1) is 0 Å². The summed E-state index contributed by atoms with van der Waals surface area (Å²) in [6.45, 7) is 11.1. The molecule has 42 heavy (non-hydrogen) atoms. The number of carbonyl (C=O) groups is 3. The third kappa shape index (κ3) is 6.99. The molecule has 1 aliphatic carbocycles. The van der Waals surface area contributed by atoms with E-state index in [0.717, 1.165) is 0 Å². The number of aliphatic imine (C=N–C) groups is 2. The van der Waals surface area contributed by atoms with Gasteiger partial charge in [0.25, 0.3) is 0 Å². The first-order chi connectivity index (χ1) is 20.0. The van der Waals surface area contributed by atoms with E-state index in [0.29, 0.717) is 42.2 Å². The number of hydrogen-bond acceptors (Lipinski definition) is 7. The topological polar surface area (TPSA) is 134 Å². The van der Waals surface area contributed by atoms with E-state index in [-0.39, 0.29) is 58.7 Å². The van der Waals surface area contributed by atoms with Crippen LogP contribution in [0.5, 0.6) is 11.5 Å². The lowest BCUT2D eigenvalue weighted by Crippen LogP contribution is -2.55. The molecule has 14 heteroatoms. The second kappa shape index (κ2) is 14.4. The van der Waals surface area contributed by atoms with Crippen molar-refractivity contribution in [1.29, 1.82) is 0 Å². The van der Waals surface area contributed by atoms with Crippen molar-refractivity contribution in [3.63, 3.8) is 0 Å². The van der Waals surface area contributed by atoms with Gasteiger partial charge in [-0.1, -0.05) is 29.8 Å². The number of esters is 1. The Bertz CT molecular complexity index is 1290. The van der Waals surface area contributed by atoms with E-state index in [4.69, 9.17) is 37.4 Å². The van der Waals surface area contributed by atoms with Crippen LogP contribution in [0.1, 0.15) is 33.1 Å². The Labute approximate surface area is 255 Å². The van der Waals surface area contributed by atoms with E-state index in [1.54, 1.807) is 20.0 Å². The first kappa shape index (κ1) is 32.7. The lowest BCUT2D eigenvalue weighted by Gasteiger charge is -2.37. The summed E-state index contributed by atoms with van der Waals surface area (Å²) in [7, 11) is 4.47. The Morgan fingerprint density at radius 3 is 2.33 bits per heavy atom. The van der Waals surface area contributed by atoms with Crippen LogP contribution in [0.2, 0.25) is 10.0 Å². The van der Waals surface area contributed by atoms with Crippen LogP contribution in [0.4, 0.5) is 10.5 Å². The number of ether oxygens (including phenoxy) is 3. The number of guanidine groups is 1. The number of hydrogen-bond donors (Lipinski definition) is 2. The zero-order valence-corrected chi connectivity index (χ0v) is 25.8. The molecule has 0 aromatic heterocycles. The molecule has 1 heterocycles. The predicted octanol–water partition coefficient (Wildman–Crippen LogP) is 4.16. The summed E-state index contributed by atoms with van der Waals surface area (Å²) >= 11 is 13.2. The van der Waals surface area contributed by atoms with Crippen molar-refractivity contribution >= 4 is 59.5 Å². The van der Waals surface area contributed by atoms with Gasteiger partial charge in [0.2, 0.25) is 11.9 Å². The fourth-order valence-electron chi connectivity index (χ4n) is 4.99. The molecule has 1 saturated carbocycles. The summed E-state index contributed by atoms with van der Waals surface area (Å²) in [5, 5.41) is 6.43. The van der Waals surface area contributed by atoms with Gasteiger partial charge in [-0.05, 0) is 51.5 Å². The van der Waals surface area contributed by atoms with Gasteiger partial charge >= 0.3 is 12.0 Å². The smallest absolute Gasteiger partial charge is 0.330 e. The number of halogens is 2. The molecule has 3 rings (SSSR count). The highest BCUT2D eigenvalue weighted by Gasteiger charge is 2.37. The highest BCUT2D eigenvalue weighted by molar-refractivity contribution is 6.41. The highest BCUT2D eigenvalue weighted by atomic mass is 35.5. The molecular weight excluding hydrogens is 587 g/mol. The third-order valence-corrected chi connectivity index (χ3v) is 7.82. The van der Waals surface area contributed by atoms with Crippen LogP contribution in [-0.2, 0) is 14.3 Å². The van der Waals surface area contributed by atoms with Crippen molar-refractivity contribution in [2.75, 3.05) is 39.3 Å². The summed E-state index contributed by atoms with van der Waals surface area (Å²) in [6.07, 6.45) is 2.60. The molecular formula is C28H36Cl2N6O6. The average molecular weight is 624 g/mol. The molecule has 3 atom stereocenters. The van der Waals surface area contributed by atoms with Crippen molar-refractivity contribution in [1.82, 2.24) is 15.5 Å². The van der Waals surface area contributed by atoms with Gasteiger partial charge < -0.3 is 24.8 Å². The molecule has 12 nitrogen and oxygen atoms in total. The molecule has 0 radical (unpaired) electrons. The Morgan fingerprint density at radius 1 is 1.14 bits per heavy atom. The van der Waals surface area contributed by atoms with Gasteiger partial charge in [-0.3, -0.25) is 19.4 Å². The fourth-order valence-corrected chi connectivity index (χ4v) is 5.69. The third-order valence-electron chi connectivity index (χ3n) is 7.09. The highest BCUT2D eigenvalue weighted by Crippen LogP contribution is 2.47. The lowest BCUT2D eigenvalue weighted by atomic mass is 9.82. The Morgan fingerprint density at radius 2 is 1.79 bits per heavy atom. The second-order valence-electron chi connectivity index (χ2n) is 9.71. The number of methoxy groups -OCH3 is 2. The number of nitrogens with one attached hydrogen (secondary N) is 2. The largest absolute Gasteiger partial charge is 0.495 e. The second-order valence-corrected chi connectivity index (χ2v) is 10.5. The van der Waals surface area contributed by atoms with Crippen LogP contribution in [0.25, 0.3) is 0 Å². The van der Waals surface area contributed by atoms with Crippen molar-refractivity contribution in [3.8, 4) is 11.5 Å². The maximum atomic E-state index is 13.6. The predicted molar refractivity (Wildman–Crippen MR) is 163 cm³/mol. The maximum absolute atomic E-state index is 13.6. The minimum absolute atomic E-state index is 0.116. The van der Waals surface area contributed by atoms with E-state index < -0.39 is 12.1 Å². The van der Waals surface area contributed by atoms with Crippen molar-refractivity contribution in [2.45, 2.75) is 45.2 Å². The molecule has 1 aromatic rings. The normalized spacial score (nSPS) is 21.1. The monoisotopic (exact) mass is 622 g/mol. The van der Waals surface area contributed by atoms with Gasteiger partial charge in [-0.25, -0.2) is 9.79 Å². The van der Waals surface area contributed by atoms with Gasteiger partial charge in [0, 0.05) is 19.2 Å². The van der Waals surface area contributed by atoms with Crippen LogP contribution >= 0.6 is 23.2 Å².